The van der Waals surface area contributed by atoms with Crippen LogP contribution >= 0.6 is 0 Å². The maximum absolute atomic E-state index is 12.3. The van der Waals surface area contributed by atoms with Gasteiger partial charge in [0.05, 0.1) is 0 Å². The van der Waals surface area contributed by atoms with Crippen LogP contribution in [0.1, 0.15) is 45.4 Å². The normalized spacial score (nSPS) is 28.6. The molecule has 0 aromatic heterocycles. The van der Waals surface area contributed by atoms with Gasteiger partial charge >= 0.3 is 5.97 Å². The first-order chi connectivity index (χ1) is 8.44. The van der Waals surface area contributed by atoms with Crippen LogP contribution in [-0.4, -0.2) is 41.6 Å². The fraction of sp³-hybridized carbons (Fsp3) is 0.917. The molecule has 1 saturated heterocycles. The molecule has 0 bridgehead atoms. The topological polar surface area (TPSA) is 74.7 Å². The average Bonchev–Trinajstić information content (AvgIpc) is 2.97. The largest absolute Gasteiger partial charge is 0.480 e. The number of nitrogens with zero attached hydrogens (tertiary/aromatic N) is 1. The molecule has 0 radical (unpaired) electrons. The molecule has 6 heteroatoms. The van der Waals surface area contributed by atoms with E-state index in [4.69, 9.17) is 5.11 Å². The van der Waals surface area contributed by atoms with Gasteiger partial charge in [0, 0.05) is 12.6 Å². The molecule has 2 unspecified atom stereocenters. The second-order valence-electron chi connectivity index (χ2n) is 5.39. The Kier molecular flexibility index (Phi) is 3.96. The van der Waals surface area contributed by atoms with Crippen molar-refractivity contribution in [3.63, 3.8) is 0 Å². The fourth-order valence-corrected chi connectivity index (χ4v) is 4.93. The molecule has 5 nitrogen and oxygen atoms in total. The van der Waals surface area contributed by atoms with Crippen molar-refractivity contribution in [3.8, 4) is 0 Å². The third kappa shape index (κ3) is 2.40. The van der Waals surface area contributed by atoms with Gasteiger partial charge in [0.2, 0.25) is 10.0 Å². The van der Waals surface area contributed by atoms with E-state index in [9.17, 15) is 13.2 Å². The van der Waals surface area contributed by atoms with Crippen LogP contribution in [0.5, 0.6) is 0 Å². The fourth-order valence-electron chi connectivity index (χ4n) is 3.23. The predicted molar refractivity (Wildman–Crippen MR) is 67.7 cm³/mol. The van der Waals surface area contributed by atoms with Crippen LogP contribution in [-0.2, 0) is 14.8 Å². The lowest BCUT2D eigenvalue weighted by atomic mass is 9.97. The van der Waals surface area contributed by atoms with Crippen molar-refractivity contribution < 1.29 is 18.3 Å². The Morgan fingerprint density at radius 2 is 1.83 bits per heavy atom. The lowest BCUT2D eigenvalue weighted by Crippen LogP contribution is -2.45. The monoisotopic (exact) mass is 275 g/mol. The minimum absolute atomic E-state index is 0.0410. The van der Waals surface area contributed by atoms with Gasteiger partial charge in [-0.15, -0.1) is 0 Å². The highest BCUT2D eigenvalue weighted by molar-refractivity contribution is 7.90. The number of hydrogen-bond donors (Lipinski definition) is 1. The second kappa shape index (κ2) is 5.17. The van der Waals surface area contributed by atoms with Crippen LogP contribution < -0.4 is 0 Å². The minimum atomic E-state index is -3.69. The van der Waals surface area contributed by atoms with Gasteiger partial charge < -0.3 is 5.11 Å². The van der Waals surface area contributed by atoms with Crippen molar-refractivity contribution >= 4 is 16.0 Å². The quantitative estimate of drug-likeness (QED) is 0.842. The van der Waals surface area contributed by atoms with Crippen LogP contribution in [0, 0.1) is 5.92 Å². The predicted octanol–water partition coefficient (Wildman–Crippen LogP) is 1.44. The zero-order chi connectivity index (χ0) is 13.3. The maximum Gasteiger partial charge on any atom is 0.323 e. The van der Waals surface area contributed by atoms with E-state index in [2.05, 4.69) is 0 Å². The van der Waals surface area contributed by atoms with Crippen molar-refractivity contribution in [2.24, 2.45) is 5.92 Å². The van der Waals surface area contributed by atoms with Crippen LogP contribution in [0.3, 0.4) is 0 Å². The molecule has 0 amide bonds. The molecule has 104 valence electrons. The van der Waals surface area contributed by atoms with Gasteiger partial charge in [-0.2, -0.15) is 4.31 Å². The molecule has 18 heavy (non-hydrogen) atoms. The van der Waals surface area contributed by atoms with Crippen LogP contribution in [0.15, 0.2) is 0 Å². The molecule has 2 rings (SSSR count). The van der Waals surface area contributed by atoms with Gasteiger partial charge in [-0.1, -0.05) is 12.8 Å². The molecule has 1 N–H and O–H groups in total. The molecule has 1 aliphatic carbocycles. The van der Waals surface area contributed by atoms with E-state index in [0.29, 0.717) is 12.5 Å². The van der Waals surface area contributed by atoms with Crippen molar-refractivity contribution in [1.29, 1.82) is 0 Å². The molecule has 2 fully saturated rings. The van der Waals surface area contributed by atoms with E-state index in [1.54, 1.807) is 0 Å². The smallest absolute Gasteiger partial charge is 0.323 e. The highest BCUT2D eigenvalue weighted by Gasteiger charge is 2.43. The lowest BCUT2D eigenvalue weighted by Gasteiger charge is -2.29. The van der Waals surface area contributed by atoms with Crippen molar-refractivity contribution in [2.75, 3.05) is 6.54 Å². The summed E-state index contributed by atoms with van der Waals surface area (Å²) in [7, 11) is -3.69. The first-order valence-electron chi connectivity index (χ1n) is 6.68. The van der Waals surface area contributed by atoms with Gasteiger partial charge in [-0.05, 0) is 38.5 Å². The van der Waals surface area contributed by atoms with Crippen LogP contribution in [0.4, 0.5) is 0 Å². The minimum Gasteiger partial charge on any atom is -0.480 e. The van der Waals surface area contributed by atoms with Gasteiger partial charge in [0.15, 0.2) is 5.25 Å². The molecule has 0 aromatic carbocycles. The summed E-state index contributed by atoms with van der Waals surface area (Å²) in [4.78, 5) is 10.9. The summed E-state index contributed by atoms with van der Waals surface area (Å²) < 4.78 is 26.0. The number of hydrogen-bond acceptors (Lipinski definition) is 3. The summed E-state index contributed by atoms with van der Waals surface area (Å²) in [6.07, 6.45) is 6.24. The SMILES string of the molecule is CC(C(=O)O)S(=O)(=O)N1CCCC1C1CCCC1. The van der Waals surface area contributed by atoms with E-state index in [0.717, 1.165) is 25.7 Å². The Balaban J connectivity index is 2.18. The van der Waals surface area contributed by atoms with Crippen molar-refractivity contribution in [3.05, 3.63) is 0 Å². The summed E-state index contributed by atoms with van der Waals surface area (Å²) in [6, 6.07) is 0.0410. The lowest BCUT2D eigenvalue weighted by molar-refractivity contribution is -0.136. The zero-order valence-electron chi connectivity index (χ0n) is 10.7. The second-order valence-corrected chi connectivity index (χ2v) is 7.60. The number of carboxylic acid groups (broad SMARTS) is 1. The van der Waals surface area contributed by atoms with E-state index >= 15 is 0 Å². The standard InChI is InChI=1S/C12H21NO4S/c1-9(12(14)15)18(16,17)13-8-4-7-11(13)10-5-2-3-6-10/h9-11H,2-8H2,1H3,(H,14,15). The molecule has 0 spiro atoms. The molecule has 2 atom stereocenters. The number of aliphatic carboxylic acids is 1. The van der Waals surface area contributed by atoms with E-state index in [-0.39, 0.29) is 6.04 Å². The summed E-state index contributed by atoms with van der Waals surface area (Å²) in [6.45, 7) is 1.75. The van der Waals surface area contributed by atoms with Gasteiger partial charge in [-0.3, -0.25) is 4.79 Å². The molecule has 2 aliphatic rings. The third-order valence-electron chi connectivity index (χ3n) is 4.31. The van der Waals surface area contributed by atoms with E-state index in [1.807, 2.05) is 0 Å². The Morgan fingerprint density at radius 3 is 2.39 bits per heavy atom. The number of sulfonamides is 1. The van der Waals surface area contributed by atoms with Crippen LogP contribution in [0.2, 0.25) is 0 Å². The molecule has 1 aliphatic heterocycles. The molecule has 1 saturated carbocycles. The molecule has 0 aromatic rings. The molecule has 1 heterocycles. The summed E-state index contributed by atoms with van der Waals surface area (Å²) in [5.74, 6) is -0.824. The summed E-state index contributed by atoms with van der Waals surface area (Å²) in [5.41, 5.74) is 0. The Morgan fingerprint density at radius 1 is 1.22 bits per heavy atom. The third-order valence-corrected chi connectivity index (χ3v) is 6.52. The van der Waals surface area contributed by atoms with Crippen molar-refractivity contribution in [1.82, 2.24) is 4.31 Å². The van der Waals surface area contributed by atoms with E-state index < -0.39 is 21.2 Å². The highest BCUT2D eigenvalue weighted by atomic mass is 32.2. The molecular formula is C12H21NO4S. The summed E-state index contributed by atoms with van der Waals surface area (Å²) >= 11 is 0. The van der Waals surface area contributed by atoms with E-state index in [1.165, 1.54) is 24.1 Å². The first-order valence-corrected chi connectivity index (χ1v) is 8.18. The van der Waals surface area contributed by atoms with Gasteiger partial charge in [-0.25, -0.2) is 8.42 Å². The highest BCUT2D eigenvalue weighted by Crippen LogP contribution is 2.37. The summed E-state index contributed by atoms with van der Waals surface area (Å²) in [5, 5.41) is 7.59. The molecular weight excluding hydrogens is 254 g/mol. The maximum atomic E-state index is 12.3. The average molecular weight is 275 g/mol. The number of rotatable bonds is 4. The zero-order valence-corrected chi connectivity index (χ0v) is 11.5. The van der Waals surface area contributed by atoms with Gasteiger partial charge in [0.25, 0.3) is 0 Å². The Hall–Kier alpha value is -0.620. The number of carbonyl (C=O) groups is 1. The number of carboxylic acids is 1. The Bertz CT molecular complexity index is 414. The van der Waals surface area contributed by atoms with Crippen LogP contribution in [0.25, 0.3) is 0 Å². The first kappa shape index (κ1) is 13.8. The Labute approximate surface area is 108 Å². The van der Waals surface area contributed by atoms with Crippen molar-refractivity contribution in [2.45, 2.75) is 56.7 Å². The van der Waals surface area contributed by atoms with Gasteiger partial charge in [0.1, 0.15) is 0 Å².